The molecule has 0 N–H and O–H groups in total. The summed E-state index contributed by atoms with van der Waals surface area (Å²) in [7, 11) is 0. The summed E-state index contributed by atoms with van der Waals surface area (Å²) in [6.07, 6.45) is 94.9. The fourth-order valence-electron chi connectivity index (χ4n) is 9.33. The lowest BCUT2D eigenvalue weighted by Gasteiger charge is -2.18. The van der Waals surface area contributed by atoms with Crippen molar-refractivity contribution in [3.05, 3.63) is 122 Å². The Labute approximate surface area is 501 Å². The number of esters is 3. The van der Waals surface area contributed by atoms with Gasteiger partial charge in [0.15, 0.2) is 6.10 Å². The van der Waals surface area contributed by atoms with Gasteiger partial charge in [-0.2, -0.15) is 0 Å². The number of allylic oxidation sites excluding steroid dienone is 20. The quantitative estimate of drug-likeness (QED) is 0.0261. The summed E-state index contributed by atoms with van der Waals surface area (Å²) in [6, 6.07) is 0. The van der Waals surface area contributed by atoms with Gasteiger partial charge >= 0.3 is 17.9 Å². The van der Waals surface area contributed by atoms with Gasteiger partial charge in [0.2, 0.25) is 0 Å². The molecule has 1 unspecified atom stereocenters. The Balaban J connectivity index is 4.46. The maximum atomic E-state index is 13.0. The average molecular weight is 1120 g/mol. The Morgan fingerprint density at radius 2 is 0.481 bits per heavy atom. The summed E-state index contributed by atoms with van der Waals surface area (Å²) < 4.78 is 16.9. The first-order valence-electron chi connectivity index (χ1n) is 34.0. The first-order valence-corrected chi connectivity index (χ1v) is 34.0. The van der Waals surface area contributed by atoms with E-state index in [1.54, 1.807) is 0 Å². The van der Waals surface area contributed by atoms with E-state index in [0.717, 1.165) is 122 Å². The normalized spacial score (nSPS) is 12.9. The van der Waals surface area contributed by atoms with E-state index >= 15 is 0 Å². The van der Waals surface area contributed by atoms with Crippen molar-refractivity contribution in [2.24, 2.45) is 0 Å². The smallest absolute Gasteiger partial charge is 0.306 e. The number of ether oxygens (including phenoxy) is 3. The van der Waals surface area contributed by atoms with Gasteiger partial charge in [-0.05, 0) is 135 Å². The number of rotatable bonds is 61. The standard InChI is InChI=1S/C75H126O6/c1-4-7-10-13-16-19-22-25-28-31-33-35-36-37-38-40-41-44-47-50-53-56-59-62-65-68-74(77)80-71-72(70-79-73(76)67-64-61-58-55-52-49-46-43-30-27-24-21-18-15-12-9-6-3)81-75(78)69-66-63-60-57-54-51-48-45-42-39-34-32-29-26-23-20-17-14-11-8-5-2/h7,10,16,18-19,21,25,27-28,30,32-35,37-38,41,44,50,53,72H,4-6,8-9,11-15,17,20,22-24,26,29,31,36,39-40,42-43,45-49,51-52,54-71H2,1-3H3/b10-7-,19-16-,21-18-,28-25-,30-27-,34-32-,35-33-,38-37-,44-41-,53-50-. The van der Waals surface area contributed by atoms with Gasteiger partial charge in [-0.25, -0.2) is 0 Å². The van der Waals surface area contributed by atoms with Crippen LogP contribution in [-0.4, -0.2) is 37.2 Å². The van der Waals surface area contributed by atoms with Crippen LogP contribution in [0.2, 0.25) is 0 Å². The van der Waals surface area contributed by atoms with Gasteiger partial charge in [0.1, 0.15) is 13.2 Å². The van der Waals surface area contributed by atoms with E-state index in [1.165, 1.54) is 154 Å². The Bertz CT molecular complexity index is 1670. The Morgan fingerprint density at radius 3 is 0.802 bits per heavy atom. The number of carbonyl (C=O) groups is 3. The molecule has 0 aliphatic rings. The minimum atomic E-state index is -0.802. The lowest BCUT2D eigenvalue weighted by atomic mass is 10.1. The van der Waals surface area contributed by atoms with Gasteiger partial charge in [0.25, 0.3) is 0 Å². The first kappa shape index (κ1) is 76.8. The van der Waals surface area contributed by atoms with Crippen molar-refractivity contribution in [2.45, 2.75) is 322 Å². The van der Waals surface area contributed by atoms with Crippen LogP contribution in [-0.2, 0) is 28.6 Å². The molecule has 0 radical (unpaired) electrons. The zero-order valence-corrected chi connectivity index (χ0v) is 53.0. The van der Waals surface area contributed by atoms with E-state index in [-0.39, 0.29) is 31.1 Å². The predicted octanol–water partition coefficient (Wildman–Crippen LogP) is 23.6. The van der Waals surface area contributed by atoms with Gasteiger partial charge in [-0.1, -0.05) is 284 Å². The number of hydrogen-bond donors (Lipinski definition) is 0. The zero-order valence-electron chi connectivity index (χ0n) is 53.0. The molecule has 0 saturated heterocycles. The molecule has 1 atom stereocenters. The molecule has 81 heavy (non-hydrogen) atoms. The molecule has 0 amide bonds. The molecule has 0 rings (SSSR count). The maximum Gasteiger partial charge on any atom is 0.306 e. The van der Waals surface area contributed by atoms with E-state index in [2.05, 4.69) is 142 Å². The molecule has 0 spiro atoms. The Hall–Kier alpha value is -4.19. The molecule has 0 aromatic rings. The van der Waals surface area contributed by atoms with E-state index in [0.29, 0.717) is 19.3 Å². The summed E-state index contributed by atoms with van der Waals surface area (Å²) in [5, 5.41) is 0. The Morgan fingerprint density at radius 1 is 0.259 bits per heavy atom. The summed E-state index contributed by atoms with van der Waals surface area (Å²) in [5.41, 5.74) is 0. The second-order valence-electron chi connectivity index (χ2n) is 22.3. The highest BCUT2D eigenvalue weighted by Gasteiger charge is 2.19. The lowest BCUT2D eigenvalue weighted by molar-refractivity contribution is -0.167. The number of hydrogen-bond acceptors (Lipinski definition) is 6. The van der Waals surface area contributed by atoms with Crippen molar-refractivity contribution in [3.63, 3.8) is 0 Å². The molecule has 462 valence electrons. The lowest BCUT2D eigenvalue weighted by Crippen LogP contribution is -2.30. The third-order valence-electron chi connectivity index (χ3n) is 14.4. The van der Waals surface area contributed by atoms with Crippen LogP contribution >= 0.6 is 0 Å². The van der Waals surface area contributed by atoms with E-state index < -0.39 is 6.10 Å². The van der Waals surface area contributed by atoms with E-state index in [4.69, 9.17) is 14.2 Å². The highest BCUT2D eigenvalue weighted by molar-refractivity contribution is 5.71. The third kappa shape index (κ3) is 66.5. The van der Waals surface area contributed by atoms with Gasteiger partial charge in [-0.15, -0.1) is 0 Å². The average Bonchev–Trinajstić information content (AvgIpc) is 3.47. The van der Waals surface area contributed by atoms with Crippen LogP contribution in [0.4, 0.5) is 0 Å². The molecule has 0 aromatic heterocycles. The summed E-state index contributed by atoms with van der Waals surface area (Å²) in [6.45, 7) is 6.49. The molecule has 0 saturated carbocycles. The number of unbranched alkanes of at least 4 members (excludes halogenated alkanes) is 30. The molecule has 6 heteroatoms. The van der Waals surface area contributed by atoms with Gasteiger partial charge in [0.05, 0.1) is 0 Å². The molecule has 0 bridgehead atoms. The Kier molecular flexibility index (Phi) is 64.8. The molecule has 0 aliphatic carbocycles. The molecular weight excluding hydrogens is 997 g/mol. The largest absolute Gasteiger partial charge is 0.462 e. The van der Waals surface area contributed by atoms with Gasteiger partial charge < -0.3 is 14.2 Å². The van der Waals surface area contributed by atoms with E-state index in [1.807, 2.05) is 0 Å². The van der Waals surface area contributed by atoms with Crippen molar-refractivity contribution < 1.29 is 28.6 Å². The first-order chi connectivity index (χ1) is 40.0. The molecular formula is C75H126O6. The summed E-state index contributed by atoms with van der Waals surface area (Å²) >= 11 is 0. The van der Waals surface area contributed by atoms with Crippen molar-refractivity contribution in [1.82, 2.24) is 0 Å². The predicted molar refractivity (Wildman–Crippen MR) is 353 cm³/mol. The molecule has 0 aliphatic heterocycles. The van der Waals surface area contributed by atoms with Crippen molar-refractivity contribution in [3.8, 4) is 0 Å². The summed E-state index contributed by atoms with van der Waals surface area (Å²) in [5.74, 6) is -0.930. The topological polar surface area (TPSA) is 78.9 Å². The van der Waals surface area contributed by atoms with Gasteiger partial charge in [-0.3, -0.25) is 14.4 Å². The monoisotopic (exact) mass is 1120 g/mol. The highest BCUT2D eigenvalue weighted by atomic mass is 16.6. The van der Waals surface area contributed by atoms with Crippen LogP contribution in [0, 0.1) is 0 Å². The molecule has 0 fully saturated rings. The SMILES string of the molecule is CC/C=C\C/C=C\C/C=C\C/C=C\C/C=C\C/C=C\C/C=C\CCCCCC(=O)OCC(COC(=O)CCCCCCCCC/C=C\C/C=C\CCCCC)OC(=O)CCCCCCCCCCC/C=C\CCCCCCCCCC. The van der Waals surface area contributed by atoms with Crippen LogP contribution < -0.4 is 0 Å². The fourth-order valence-corrected chi connectivity index (χ4v) is 9.33. The van der Waals surface area contributed by atoms with Crippen molar-refractivity contribution in [2.75, 3.05) is 13.2 Å². The van der Waals surface area contributed by atoms with Crippen molar-refractivity contribution in [1.29, 1.82) is 0 Å². The molecule has 0 aromatic carbocycles. The second kappa shape index (κ2) is 68.3. The fraction of sp³-hybridized carbons (Fsp3) is 0.693. The van der Waals surface area contributed by atoms with Crippen LogP contribution in [0.25, 0.3) is 0 Å². The van der Waals surface area contributed by atoms with Gasteiger partial charge in [0, 0.05) is 19.3 Å². The third-order valence-corrected chi connectivity index (χ3v) is 14.4. The highest BCUT2D eigenvalue weighted by Crippen LogP contribution is 2.16. The second-order valence-corrected chi connectivity index (χ2v) is 22.3. The van der Waals surface area contributed by atoms with Crippen LogP contribution in [0.15, 0.2) is 122 Å². The minimum absolute atomic E-state index is 0.0952. The summed E-state index contributed by atoms with van der Waals surface area (Å²) in [4.78, 5) is 38.4. The number of carbonyl (C=O) groups excluding carboxylic acids is 3. The van der Waals surface area contributed by atoms with Crippen LogP contribution in [0.5, 0.6) is 0 Å². The zero-order chi connectivity index (χ0) is 58.5. The van der Waals surface area contributed by atoms with Crippen LogP contribution in [0.3, 0.4) is 0 Å². The van der Waals surface area contributed by atoms with Crippen molar-refractivity contribution >= 4 is 17.9 Å². The molecule has 6 nitrogen and oxygen atoms in total. The van der Waals surface area contributed by atoms with E-state index in [9.17, 15) is 14.4 Å². The maximum absolute atomic E-state index is 13.0. The minimum Gasteiger partial charge on any atom is -0.462 e. The molecule has 0 heterocycles. The van der Waals surface area contributed by atoms with Crippen LogP contribution in [0.1, 0.15) is 316 Å².